The lowest BCUT2D eigenvalue weighted by atomic mass is 9.88. The van der Waals surface area contributed by atoms with Crippen LogP contribution in [0, 0.1) is 0 Å². The molecule has 0 saturated heterocycles. The fourth-order valence-electron chi connectivity index (χ4n) is 9.34. The van der Waals surface area contributed by atoms with Crippen LogP contribution in [0.2, 0.25) is 0 Å². The quantitative estimate of drug-likeness (QED) is 0.119. The Balaban J connectivity index is 0.891. The van der Waals surface area contributed by atoms with Crippen LogP contribution in [0.4, 0.5) is 0 Å². The molecule has 12 rings (SSSR count). The summed E-state index contributed by atoms with van der Waals surface area (Å²) in [6.45, 7) is 0. The van der Waals surface area contributed by atoms with E-state index in [1.165, 1.54) is 76.5 Å². The molecule has 0 atom stereocenters. The molecule has 0 unspecified atom stereocenters. The fourth-order valence-corrected chi connectivity index (χ4v) is 9.34. The first-order chi connectivity index (χ1) is 31.7. The van der Waals surface area contributed by atoms with E-state index in [9.17, 15) is 0 Å². The lowest BCUT2D eigenvalue weighted by Gasteiger charge is -2.15. The molecule has 0 aliphatic carbocycles. The second kappa shape index (κ2) is 15.7. The van der Waals surface area contributed by atoms with E-state index in [4.69, 9.17) is 15.0 Å². The first-order valence-corrected chi connectivity index (χ1v) is 21.8. The summed E-state index contributed by atoms with van der Waals surface area (Å²) in [5.41, 5.74) is 12.3. The van der Waals surface area contributed by atoms with Crippen molar-refractivity contribution in [1.29, 1.82) is 0 Å². The van der Waals surface area contributed by atoms with Gasteiger partial charge in [0.25, 0.3) is 0 Å². The number of benzene rings is 11. The first-order valence-electron chi connectivity index (χ1n) is 21.8. The van der Waals surface area contributed by atoms with E-state index in [-0.39, 0.29) is 0 Å². The van der Waals surface area contributed by atoms with Crippen molar-refractivity contribution in [3.05, 3.63) is 237 Å². The minimum absolute atomic E-state index is 0.635. The SMILES string of the molecule is c1ccc(-c2ccc(-c3nc(-c4ccccc4)nc(-c4ccc(-c5ccc(-c6ccc(-c7c8ccccc8cc8c7ccc7ccccc78)cc6)c6ccccc56)cc4)n3)cc2)cc1. The third kappa shape index (κ3) is 6.68. The van der Waals surface area contributed by atoms with Gasteiger partial charge in [0, 0.05) is 16.7 Å². The Morgan fingerprint density at radius 2 is 0.594 bits per heavy atom. The van der Waals surface area contributed by atoms with Crippen LogP contribution in [0.5, 0.6) is 0 Å². The third-order valence-electron chi connectivity index (χ3n) is 12.6. The molecule has 0 aliphatic heterocycles. The highest BCUT2D eigenvalue weighted by molar-refractivity contribution is 6.20. The van der Waals surface area contributed by atoms with Crippen molar-refractivity contribution >= 4 is 43.1 Å². The van der Waals surface area contributed by atoms with Gasteiger partial charge in [0.2, 0.25) is 0 Å². The molecule has 298 valence electrons. The summed E-state index contributed by atoms with van der Waals surface area (Å²) < 4.78 is 0. The van der Waals surface area contributed by atoms with Crippen LogP contribution in [0.3, 0.4) is 0 Å². The van der Waals surface area contributed by atoms with Crippen LogP contribution in [-0.4, -0.2) is 15.0 Å². The van der Waals surface area contributed by atoms with Crippen molar-refractivity contribution in [2.75, 3.05) is 0 Å². The zero-order valence-corrected chi connectivity index (χ0v) is 34.9. The van der Waals surface area contributed by atoms with Gasteiger partial charge in [-0.2, -0.15) is 0 Å². The van der Waals surface area contributed by atoms with E-state index < -0.39 is 0 Å². The van der Waals surface area contributed by atoms with Crippen molar-refractivity contribution in [3.63, 3.8) is 0 Å². The molecule has 1 aromatic heterocycles. The predicted molar refractivity (Wildman–Crippen MR) is 268 cm³/mol. The predicted octanol–water partition coefficient (Wildman–Crippen LogP) is 16.2. The summed E-state index contributed by atoms with van der Waals surface area (Å²) in [7, 11) is 0. The standard InChI is InChI=1S/C61H39N3/c1-3-13-40(14-4-1)41-23-31-47(32-24-41)60-62-59(46-16-5-2-6-17-46)63-61(64-60)48-33-27-44(28-34-48)52-38-37-51(54-21-11-12-22-55(52)54)43-25-29-45(30-26-43)58-53-20-10-8-18-49(53)39-57-50-19-9-7-15-42(50)35-36-56(57)58/h1-39H. The van der Waals surface area contributed by atoms with Gasteiger partial charge >= 0.3 is 0 Å². The van der Waals surface area contributed by atoms with Crippen molar-refractivity contribution < 1.29 is 0 Å². The van der Waals surface area contributed by atoms with E-state index in [2.05, 4.69) is 200 Å². The van der Waals surface area contributed by atoms with Gasteiger partial charge in [-0.25, -0.2) is 15.0 Å². The monoisotopic (exact) mass is 813 g/mol. The van der Waals surface area contributed by atoms with Crippen LogP contribution in [0.25, 0.3) is 122 Å². The Morgan fingerprint density at radius 3 is 1.16 bits per heavy atom. The molecule has 0 bridgehead atoms. The average molecular weight is 814 g/mol. The van der Waals surface area contributed by atoms with Gasteiger partial charge < -0.3 is 0 Å². The molecule has 64 heavy (non-hydrogen) atoms. The van der Waals surface area contributed by atoms with Crippen molar-refractivity contribution in [3.8, 4) is 78.7 Å². The number of aromatic nitrogens is 3. The van der Waals surface area contributed by atoms with Crippen LogP contribution >= 0.6 is 0 Å². The van der Waals surface area contributed by atoms with Crippen LogP contribution < -0.4 is 0 Å². The molecule has 0 aliphatic rings. The number of rotatable bonds is 7. The Kier molecular flexibility index (Phi) is 9.16. The van der Waals surface area contributed by atoms with Gasteiger partial charge in [0.05, 0.1) is 0 Å². The van der Waals surface area contributed by atoms with Crippen LogP contribution in [0.1, 0.15) is 0 Å². The van der Waals surface area contributed by atoms with Gasteiger partial charge in [0.1, 0.15) is 0 Å². The molecule has 0 radical (unpaired) electrons. The lowest BCUT2D eigenvalue weighted by Crippen LogP contribution is -2.00. The summed E-state index contributed by atoms with van der Waals surface area (Å²) in [6, 6.07) is 84.4. The Labute approximate surface area is 371 Å². The molecule has 1 heterocycles. The zero-order chi connectivity index (χ0) is 42.4. The third-order valence-corrected chi connectivity index (χ3v) is 12.6. The molecule has 0 amide bonds. The van der Waals surface area contributed by atoms with Crippen molar-refractivity contribution in [2.45, 2.75) is 0 Å². The normalized spacial score (nSPS) is 11.4. The first kappa shape index (κ1) is 37.2. The molecular weight excluding hydrogens is 775 g/mol. The van der Waals surface area contributed by atoms with E-state index in [0.717, 1.165) is 27.8 Å². The number of fused-ring (bicyclic) bond motifs is 5. The molecule has 0 spiro atoms. The second-order valence-corrected chi connectivity index (χ2v) is 16.3. The molecule has 0 fully saturated rings. The molecule has 0 saturated carbocycles. The maximum Gasteiger partial charge on any atom is 0.164 e. The van der Waals surface area contributed by atoms with E-state index in [1.54, 1.807) is 0 Å². The molecular formula is C61H39N3. The van der Waals surface area contributed by atoms with Gasteiger partial charge in [-0.3, -0.25) is 0 Å². The molecule has 11 aromatic carbocycles. The van der Waals surface area contributed by atoms with Crippen LogP contribution in [-0.2, 0) is 0 Å². The van der Waals surface area contributed by atoms with Gasteiger partial charge in [-0.15, -0.1) is 0 Å². The highest BCUT2D eigenvalue weighted by Crippen LogP contribution is 2.41. The number of hydrogen-bond donors (Lipinski definition) is 0. The van der Waals surface area contributed by atoms with Gasteiger partial charge in [-0.05, 0) is 93.7 Å². The highest BCUT2D eigenvalue weighted by Gasteiger charge is 2.16. The van der Waals surface area contributed by atoms with Gasteiger partial charge in [-0.1, -0.05) is 231 Å². The van der Waals surface area contributed by atoms with E-state index >= 15 is 0 Å². The molecule has 3 nitrogen and oxygen atoms in total. The summed E-state index contributed by atoms with van der Waals surface area (Å²) >= 11 is 0. The minimum atomic E-state index is 0.635. The molecule has 0 N–H and O–H groups in total. The summed E-state index contributed by atoms with van der Waals surface area (Å²) in [4.78, 5) is 15.0. The molecule has 12 aromatic rings. The minimum Gasteiger partial charge on any atom is -0.208 e. The Hall–Kier alpha value is -8.53. The summed E-state index contributed by atoms with van der Waals surface area (Å²) in [5, 5.41) is 10.0. The summed E-state index contributed by atoms with van der Waals surface area (Å²) in [5.74, 6) is 1.92. The number of hydrogen-bond acceptors (Lipinski definition) is 3. The van der Waals surface area contributed by atoms with E-state index in [1.807, 2.05) is 36.4 Å². The van der Waals surface area contributed by atoms with Gasteiger partial charge in [0.15, 0.2) is 17.5 Å². The Bertz CT molecular complexity index is 3670. The molecule has 3 heteroatoms. The maximum absolute atomic E-state index is 5.04. The van der Waals surface area contributed by atoms with Crippen molar-refractivity contribution in [1.82, 2.24) is 15.0 Å². The van der Waals surface area contributed by atoms with Crippen molar-refractivity contribution in [2.24, 2.45) is 0 Å². The van der Waals surface area contributed by atoms with Crippen LogP contribution in [0.15, 0.2) is 237 Å². The average Bonchev–Trinajstić information content (AvgIpc) is 3.38. The number of nitrogens with zero attached hydrogens (tertiary/aromatic N) is 3. The maximum atomic E-state index is 5.04. The second-order valence-electron chi connectivity index (χ2n) is 16.3. The zero-order valence-electron chi connectivity index (χ0n) is 34.9. The largest absolute Gasteiger partial charge is 0.208 e. The Morgan fingerprint density at radius 1 is 0.203 bits per heavy atom. The summed E-state index contributed by atoms with van der Waals surface area (Å²) in [6.07, 6.45) is 0. The van der Waals surface area contributed by atoms with E-state index in [0.29, 0.717) is 17.5 Å². The smallest absolute Gasteiger partial charge is 0.164 e. The highest BCUT2D eigenvalue weighted by atomic mass is 15.0. The topological polar surface area (TPSA) is 38.7 Å². The fraction of sp³-hybridized carbons (Fsp3) is 0. The lowest BCUT2D eigenvalue weighted by molar-refractivity contribution is 1.07.